The Labute approximate surface area is 81.0 Å². The van der Waals surface area contributed by atoms with E-state index >= 15 is 0 Å². The van der Waals surface area contributed by atoms with Crippen molar-refractivity contribution in [3.8, 4) is 12.3 Å². The molecule has 0 aromatic heterocycles. The summed E-state index contributed by atoms with van der Waals surface area (Å²) in [6.45, 7) is -0.340. The van der Waals surface area contributed by atoms with E-state index in [9.17, 15) is 9.36 Å². The second-order valence-corrected chi connectivity index (χ2v) is 4.61. The molecule has 0 saturated carbocycles. The van der Waals surface area contributed by atoms with E-state index in [-0.39, 0.29) is 13.2 Å². The largest absolute Gasteiger partial charge is 0.509 e. The van der Waals surface area contributed by atoms with E-state index in [1.807, 2.05) is 0 Å². The average molecular weight is 220 g/mol. The molecular weight excluding hydrogens is 211 g/mol. The summed E-state index contributed by atoms with van der Waals surface area (Å²) < 4.78 is 30.3. The van der Waals surface area contributed by atoms with Crippen LogP contribution in [0.25, 0.3) is 0 Å². The maximum absolute atomic E-state index is 11.8. The number of rotatable bonds is 4. The molecule has 0 amide bonds. The minimum Gasteiger partial charge on any atom is -0.430 e. The highest BCUT2D eigenvalue weighted by atomic mass is 31.2. The van der Waals surface area contributed by atoms with Gasteiger partial charge in [0.2, 0.25) is 5.85 Å². The van der Waals surface area contributed by atoms with Gasteiger partial charge in [-0.05, 0) is 0 Å². The third-order valence-corrected chi connectivity index (χ3v) is 3.47. The molecule has 0 radical (unpaired) electrons. The highest BCUT2D eigenvalue weighted by Gasteiger charge is 2.43. The van der Waals surface area contributed by atoms with E-state index in [0.717, 1.165) is 0 Å². The summed E-state index contributed by atoms with van der Waals surface area (Å²) in [7, 11) is -2.33. The van der Waals surface area contributed by atoms with Gasteiger partial charge in [-0.2, -0.15) is 0 Å². The first-order chi connectivity index (χ1) is 6.62. The third-order valence-electron chi connectivity index (χ3n) is 1.51. The van der Waals surface area contributed by atoms with Crippen LogP contribution in [0.5, 0.6) is 0 Å². The summed E-state index contributed by atoms with van der Waals surface area (Å²) in [5, 5.41) is 0. The summed E-state index contributed by atoms with van der Waals surface area (Å²) in [4.78, 5) is 10.6. The zero-order valence-electron chi connectivity index (χ0n) is 7.47. The number of hydrogen-bond acceptors (Lipinski definition) is 6. The molecule has 0 N–H and O–H groups in total. The lowest BCUT2D eigenvalue weighted by atomic mass is 10.8. The van der Waals surface area contributed by atoms with Crippen molar-refractivity contribution in [1.82, 2.24) is 0 Å². The smallest absolute Gasteiger partial charge is 0.430 e. The van der Waals surface area contributed by atoms with Crippen molar-refractivity contribution >= 4 is 13.8 Å². The molecule has 0 bridgehead atoms. The monoisotopic (exact) mass is 220 g/mol. The first-order valence-corrected chi connectivity index (χ1v) is 5.30. The maximum Gasteiger partial charge on any atom is 0.509 e. The Morgan fingerprint density at radius 3 is 2.93 bits per heavy atom. The Morgan fingerprint density at radius 1 is 1.79 bits per heavy atom. The Hall–Kier alpha value is -1.02. The minimum absolute atomic E-state index is 0.158. The normalized spacial score (nSPS) is 24.6. The SMILES string of the molecule is C#CCOP(=O)(OC)C1COC(=O)O1. The summed E-state index contributed by atoms with van der Waals surface area (Å²) in [6, 6.07) is 0. The summed E-state index contributed by atoms with van der Waals surface area (Å²) in [5.74, 6) is 1.10. The van der Waals surface area contributed by atoms with Crippen LogP contribution < -0.4 is 0 Å². The second kappa shape index (κ2) is 4.47. The zero-order valence-corrected chi connectivity index (χ0v) is 8.36. The van der Waals surface area contributed by atoms with Crippen molar-refractivity contribution in [3.63, 3.8) is 0 Å². The van der Waals surface area contributed by atoms with E-state index < -0.39 is 19.6 Å². The molecule has 2 unspecified atom stereocenters. The van der Waals surface area contributed by atoms with Gasteiger partial charge in [0, 0.05) is 7.11 Å². The summed E-state index contributed by atoms with van der Waals surface area (Å²) >= 11 is 0. The van der Waals surface area contributed by atoms with Crippen LogP contribution in [-0.2, 0) is 23.1 Å². The lowest BCUT2D eigenvalue weighted by Crippen LogP contribution is -2.14. The van der Waals surface area contributed by atoms with Crippen LogP contribution in [0.4, 0.5) is 4.79 Å². The van der Waals surface area contributed by atoms with Crippen LogP contribution in [0.15, 0.2) is 0 Å². The van der Waals surface area contributed by atoms with Gasteiger partial charge in [0.1, 0.15) is 13.2 Å². The second-order valence-electron chi connectivity index (χ2n) is 2.33. The van der Waals surface area contributed by atoms with E-state index in [4.69, 9.17) is 10.9 Å². The molecule has 1 fully saturated rings. The van der Waals surface area contributed by atoms with Crippen LogP contribution in [-0.4, -0.2) is 32.3 Å². The Balaban J connectivity index is 2.65. The molecule has 1 aliphatic heterocycles. The Morgan fingerprint density at radius 2 is 2.50 bits per heavy atom. The lowest BCUT2D eigenvalue weighted by molar-refractivity contribution is 0.121. The zero-order chi connectivity index (χ0) is 10.6. The molecule has 0 aromatic carbocycles. The first kappa shape index (κ1) is 11.1. The molecule has 1 heterocycles. The van der Waals surface area contributed by atoms with Gasteiger partial charge < -0.3 is 14.0 Å². The van der Waals surface area contributed by atoms with Gasteiger partial charge >= 0.3 is 13.8 Å². The molecule has 0 aromatic rings. The highest BCUT2D eigenvalue weighted by Crippen LogP contribution is 2.54. The van der Waals surface area contributed by atoms with Crippen LogP contribution in [0.2, 0.25) is 0 Å². The van der Waals surface area contributed by atoms with E-state index in [0.29, 0.717) is 0 Å². The lowest BCUT2D eigenvalue weighted by Gasteiger charge is -2.17. The van der Waals surface area contributed by atoms with Crippen LogP contribution in [0.1, 0.15) is 0 Å². The van der Waals surface area contributed by atoms with Gasteiger partial charge in [-0.15, -0.1) is 6.42 Å². The van der Waals surface area contributed by atoms with Gasteiger partial charge in [0.15, 0.2) is 0 Å². The molecule has 14 heavy (non-hydrogen) atoms. The molecule has 1 aliphatic rings. The number of hydrogen-bond donors (Lipinski definition) is 0. The quantitative estimate of drug-likeness (QED) is 0.399. The number of ether oxygens (including phenoxy) is 2. The van der Waals surface area contributed by atoms with Gasteiger partial charge in [-0.1, -0.05) is 5.92 Å². The molecule has 1 saturated heterocycles. The predicted molar refractivity (Wildman–Crippen MR) is 45.6 cm³/mol. The van der Waals surface area contributed by atoms with Gasteiger partial charge in [-0.25, -0.2) is 4.79 Å². The molecule has 78 valence electrons. The molecule has 1 rings (SSSR count). The van der Waals surface area contributed by atoms with Crippen molar-refractivity contribution in [2.75, 3.05) is 20.3 Å². The van der Waals surface area contributed by atoms with Crippen LogP contribution >= 0.6 is 7.60 Å². The predicted octanol–water partition coefficient (Wildman–Crippen LogP) is 0.969. The minimum atomic E-state index is -3.51. The third kappa shape index (κ3) is 2.26. The molecule has 0 aliphatic carbocycles. The molecule has 2 atom stereocenters. The number of terminal acetylenes is 1. The van der Waals surface area contributed by atoms with E-state index in [1.54, 1.807) is 0 Å². The van der Waals surface area contributed by atoms with Gasteiger partial charge in [0.05, 0.1) is 0 Å². The highest BCUT2D eigenvalue weighted by molar-refractivity contribution is 7.54. The first-order valence-electron chi connectivity index (χ1n) is 3.69. The van der Waals surface area contributed by atoms with Crippen molar-refractivity contribution < 1.29 is 27.9 Å². The van der Waals surface area contributed by atoms with Crippen molar-refractivity contribution in [1.29, 1.82) is 0 Å². The Bertz CT molecular complexity index is 306. The van der Waals surface area contributed by atoms with Crippen LogP contribution in [0, 0.1) is 12.3 Å². The van der Waals surface area contributed by atoms with Gasteiger partial charge in [-0.3, -0.25) is 9.09 Å². The summed E-state index contributed by atoms with van der Waals surface area (Å²) in [5.41, 5.74) is 0. The summed E-state index contributed by atoms with van der Waals surface area (Å²) in [6.07, 6.45) is 4.03. The fourth-order valence-electron chi connectivity index (χ4n) is 0.855. The van der Waals surface area contributed by atoms with E-state index in [2.05, 4.69) is 19.9 Å². The number of carbonyl (C=O) groups is 1. The molecule has 0 spiro atoms. The molecule has 6 nitrogen and oxygen atoms in total. The Kier molecular flexibility index (Phi) is 3.53. The standard InChI is InChI=1S/C7H9O6P/c1-3-4-12-14(9,10-2)6-5-11-7(8)13-6/h1,6H,4-5H2,2H3. The molecule has 7 heteroatoms. The van der Waals surface area contributed by atoms with Crippen LogP contribution in [0.3, 0.4) is 0 Å². The van der Waals surface area contributed by atoms with Crippen molar-refractivity contribution in [2.24, 2.45) is 0 Å². The molecular formula is C7H9O6P. The average Bonchev–Trinajstić information content (AvgIpc) is 2.62. The topological polar surface area (TPSA) is 71.1 Å². The van der Waals surface area contributed by atoms with E-state index in [1.165, 1.54) is 7.11 Å². The van der Waals surface area contributed by atoms with Crippen molar-refractivity contribution in [2.45, 2.75) is 5.85 Å². The van der Waals surface area contributed by atoms with Gasteiger partial charge in [0.25, 0.3) is 0 Å². The number of carbonyl (C=O) groups excluding carboxylic acids is 1. The fraction of sp³-hybridized carbons (Fsp3) is 0.571. The van der Waals surface area contributed by atoms with Crippen molar-refractivity contribution in [3.05, 3.63) is 0 Å². The number of cyclic esters (lactones) is 2. The fourth-order valence-corrected chi connectivity index (χ4v) is 2.09. The maximum atomic E-state index is 11.8.